The number of sulfonamides is 1. The van der Waals surface area contributed by atoms with E-state index in [0.717, 1.165) is 53.9 Å². The minimum atomic E-state index is -3.60. The van der Waals surface area contributed by atoms with Crippen LogP contribution in [0, 0.1) is 33.6 Å². The second-order valence-corrected chi connectivity index (χ2v) is 11.7. The number of furan rings is 1. The molecule has 0 radical (unpaired) electrons. The van der Waals surface area contributed by atoms with Crippen LogP contribution in [0.5, 0.6) is 0 Å². The van der Waals surface area contributed by atoms with Crippen LogP contribution in [0.25, 0.3) is 0 Å². The van der Waals surface area contributed by atoms with Gasteiger partial charge in [0.25, 0.3) is 0 Å². The molecule has 2 aliphatic rings. The maximum Gasteiger partial charge on any atom is 0.243 e. The number of amides is 1. The van der Waals surface area contributed by atoms with Crippen molar-refractivity contribution in [3.05, 3.63) is 52.5 Å². The summed E-state index contributed by atoms with van der Waals surface area (Å²) in [6, 6.07) is 5.93. The quantitative estimate of drug-likeness (QED) is 0.641. The molecule has 1 N–H and O–H groups in total. The molecular weight excluding hydrogens is 450 g/mol. The lowest BCUT2D eigenvalue weighted by Crippen LogP contribution is -2.45. The van der Waals surface area contributed by atoms with E-state index < -0.39 is 10.0 Å². The number of rotatable bonds is 7. The number of hydrogen-bond donors (Lipinski definition) is 1. The van der Waals surface area contributed by atoms with Crippen molar-refractivity contribution in [2.24, 2.45) is 5.92 Å². The van der Waals surface area contributed by atoms with E-state index in [-0.39, 0.29) is 17.9 Å². The standard InChI is InChI=1S/C26H37N3O4S/c1-18-16-19(2)21(4)25(20(18)3)34(31,32)29-13-9-22(10-14-29)26(30)27-17-23(24-8-7-15-33-24)28-11-5-6-12-28/h7-8,15-16,22-23H,5-6,9-14,17H2,1-4H3,(H,27,30). The first kappa shape index (κ1) is 24.9. The summed E-state index contributed by atoms with van der Waals surface area (Å²) in [5.74, 6) is 0.706. The zero-order valence-electron chi connectivity index (χ0n) is 20.8. The lowest BCUT2D eigenvalue weighted by Gasteiger charge is -2.32. The molecule has 1 atom stereocenters. The molecule has 2 aromatic rings. The van der Waals surface area contributed by atoms with Gasteiger partial charge < -0.3 is 9.73 Å². The van der Waals surface area contributed by atoms with Crippen molar-refractivity contribution in [2.75, 3.05) is 32.7 Å². The molecular formula is C26H37N3O4S. The van der Waals surface area contributed by atoms with E-state index in [4.69, 9.17) is 4.42 Å². The second kappa shape index (κ2) is 10.2. The van der Waals surface area contributed by atoms with Gasteiger partial charge in [-0.25, -0.2) is 8.42 Å². The maximum atomic E-state index is 13.5. The van der Waals surface area contributed by atoms with E-state index in [1.54, 1.807) is 10.6 Å². The molecule has 2 fully saturated rings. The molecule has 0 aliphatic carbocycles. The van der Waals surface area contributed by atoms with E-state index in [9.17, 15) is 13.2 Å². The van der Waals surface area contributed by atoms with Crippen molar-refractivity contribution in [3.8, 4) is 0 Å². The van der Waals surface area contributed by atoms with Gasteiger partial charge in [0.15, 0.2) is 0 Å². The summed E-state index contributed by atoms with van der Waals surface area (Å²) in [5, 5.41) is 3.13. The molecule has 0 bridgehead atoms. The lowest BCUT2D eigenvalue weighted by atomic mass is 9.97. The fourth-order valence-electron chi connectivity index (χ4n) is 5.34. The van der Waals surface area contributed by atoms with Crippen molar-refractivity contribution < 1.29 is 17.6 Å². The van der Waals surface area contributed by atoms with Crippen molar-refractivity contribution in [1.29, 1.82) is 0 Å². The molecule has 7 nitrogen and oxygen atoms in total. The lowest BCUT2D eigenvalue weighted by molar-refractivity contribution is -0.126. The molecule has 2 saturated heterocycles. The molecule has 1 unspecified atom stereocenters. The van der Waals surface area contributed by atoms with Crippen LogP contribution in [-0.2, 0) is 14.8 Å². The molecule has 34 heavy (non-hydrogen) atoms. The third-order valence-corrected chi connectivity index (χ3v) is 9.82. The monoisotopic (exact) mass is 487 g/mol. The summed E-state index contributed by atoms with van der Waals surface area (Å²) in [7, 11) is -3.60. The molecule has 4 rings (SSSR count). The van der Waals surface area contributed by atoms with Crippen LogP contribution in [0.15, 0.2) is 33.8 Å². The number of carbonyl (C=O) groups excluding carboxylic acids is 1. The van der Waals surface area contributed by atoms with Crippen molar-refractivity contribution >= 4 is 15.9 Å². The van der Waals surface area contributed by atoms with E-state index in [0.29, 0.717) is 37.4 Å². The highest BCUT2D eigenvalue weighted by Crippen LogP contribution is 2.31. The Hall–Kier alpha value is -2.16. The molecule has 0 spiro atoms. The molecule has 1 aromatic heterocycles. The SMILES string of the molecule is Cc1cc(C)c(C)c(S(=O)(=O)N2CCC(C(=O)NCC(c3ccco3)N3CCCC3)CC2)c1C. The molecule has 8 heteroatoms. The smallest absolute Gasteiger partial charge is 0.243 e. The number of hydrogen-bond acceptors (Lipinski definition) is 5. The zero-order valence-corrected chi connectivity index (χ0v) is 21.6. The Bertz CT molecular complexity index is 1090. The highest BCUT2D eigenvalue weighted by molar-refractivity contribution is 7.89. The maximum absolute atomic E-state index is 13.5. The topological polar surface area (TPSA) is 82.9 Å². The molecule has 3 heterocycles. The van der Waals surface area contributed by atoms with E-state index >= 15 is 0 Å². The third kappa shape index (κ3) is 4.95. The van der Waals surface area contributed by atoms with Gasteiger partial charge >= 0.3 is 0 Å². The first-order valence-electron chi connectivity index (χ1n) is 12.3. The predicted octanol–water partition coefficient (Wildman–Crippen LogP) is 3.87. The Labute approximate surface area is 203 Å². The Morgan fingerprint density at radius 2 is 1.68 bits per heavy atom. The second-order valence-electron chi connectivity index (χ2n) is 9.79. The molecule has 1 aromatic carbocycles. The van der Waals surface area contributed by atoms with Crippen LogP contribution < -0.4 is 5.32 Å². The van der Waals surface area contributed by atoms with Gasteiger partial charge in [0, 0.05) is 25.6 Å². The summed E-state index contributed by atoms with van der Waals surface area (Å²) >= 11 is 0. The Morgan fingerprint density at radius 3 is 2.24 bits per heavy atom. The van der Waals surface area contributed by atoms with Crippen LogP contribution in [0.4, 0.5) is 0 Å². The Kier molecular flexibility index (Phi) is 7.50. The molecule has 186 valence electrons. The van der Waals surface area contributed by atoms with Gasteiger partial charge in [-0.15, -0.1) is 0 Å². The normalized spacial score (nSPS) is 19.4. The summed E-state index contributed by atoms with van der Waals surface area (Å²) in [4.78, 5) is 15.8. The minimum absolute atomic E-state index is 0.00608. The Balaban J connectivity index is 1.38. The van der Waals surface area contributed by atoms with Gasteiger partial charge in [0.2, 0.25) is 15.9 Å². The number of aryl methyl sites for hydroxylation is 2. The van der Waals surface area contributed by atoms with Gasteiger partial charge in [-0.2, -0.15) is 4.31 Å². The third-order valence-electron chi connectivity index (χ3n) is 7.64. The van der Waals surface area contributed by atoms with Gasteiger partial charge in [-0.05, 0) is 101 Å². The van der Waals surface area contributed by atoms with Crippen molar-refractivity contribution in [1.82, 2.24) is 14.5 Å². The summed E-state index contributed by atoms with van der Waals surface area (Å²) in [6.45, 7) is 10.9. The number of carbonyl (C=O) groups is 1. The van der Waals surface area contributed by atoms with Gasteiger partial charge in [-0.3, -0.25) is 9.69 Å². The van der Waals surface area contributed by atoms with E-state index in [2.05, 4.69) is 10.2 Å². The summed E-state index contributed by atoms with van der Waals surface area (Å²) in [6.07, 6.45) is 5.07. The number of piperidine rings is 1. The average Bonchev–Trinajstić information content (AvgIpc) is 3.53. The number of likely N-dealkylation sites (tertiary alicyclic amines) is 1. The van der Waals surface area contributed by atoms with Crippen LogP contribution >= 0.6 is 0 Å². The Morgan fingerprint density at radius 1 is 1.06 bits per heavy atom. The first-order valence-corrected chi connectivity index (χ1v) is 13.8. The molecule has 1 amide bonds. The number of nitrogens with zero attached hydrogens (tertiary/aromatic N) is 2. The van der Waals surface area contributed by atoms with E-state index in [1.807, 2.05) is 45.9 Å². The fraction of sp³-hybridized carbons (Fsp3) is 0.577. The zero-order chi connectivity index (χ0) is 24.5. The summed E-state index contributed by atoms with van der Waals surface area (Å²) < 4.78 is 34.2. The fourth-order valence-corrected chi connectivity index (χ4v) is 7.39. The van der Waals surface area contributed by atoms with E-state index in [1.165, 1.54) is 0 Å². The number of benzene rings is 1. The first-order chi connectivity index (χ1) is 16.2. The van der Waals surface area contributed by atoms with Crippen LogP contribution in [0.3, 0.4) is 0 Å². The van der Waals surface area contributed by atoms with Crippen LogP contribution in [-0.4, -0.2) is 56.3 Å². The highest BCUT2D eigenvalue weighted by Gasteiger charge is 2.35. The van der Waals surface area contributed by atoms with Crippen molar-refractivity contribution in [3.63, 3.8) is 0 Å². The van der Waals surface area contributed by atoms with Crippen LogP contribution in [0.1, 0.15) is 59.7 Å². The van der Waals surface area contributed by atoms with Gasteiger partial charge in [-0.1, -0.05) is 6.07 Å². The average molecular weight is 488 g/mol. The van der Waals surface area contributed by atoms with Gasteiger partial charge in [0.05, 0.1) is 17.2 Å². The highest BCUT2D eigenvalue weighted by atomic mass is 32.2. The predicted molar refractivity (Wildman–Crippen MR) is 132 cm³/mol. The minimum Gasteiger partial charge on any atom is -0.468 e. The molecule has 0 saturated carbocycles. The number of nitrogens with one attached hydrogen (secondary N) is 1. The molecule has 2 aliphatic heterocycles. The van der Waals surface area contributed by atoms with Gasteiger partial charge in [0.1, 0.15) is 5.76 Å². The van der Waals surface area contributed by atoms with Crippen LogP contribution in [0.2, 0.25) is 0 Å². The summed E-state index contributed by atoms with van der Waals surface area (Å²) in [5.41, 5.74) is 3.60. The van der Waals surface area contributed by atoms with Crippen molar-refractivity contribution in [2.45, 2.75) is 64.3 Å². The largest absolute Gasteiger partial charge is 0.468 e.